The van der Waals surface area contributed by atoms with Gasteiger partial charge in [-0.1, -0.05) is 39.1 Å². The van der Waals surface area contributed by atoms with Crippen molar-refractivity contribution < 1.29 is 15.0 Å². The van der Waals surface area contributed by atoms with Crippen molar-refractivity contribution in [2.24, 2.45) is 5.10 Å². The predicted octanol–water partition coefficient (Wildman–Crippen LogP) is 6.54. The van der Waals surface area contributed by atoms with Gasteiger partial charge in [-0.05, 0) is 67.6 Å². The lowest BCUT2D eigenvalue weighted by Crippen LogP contribution is -2.20. The summed E-state index contributed by atoms with van der Waals surface area (Å²) in [6.07, 6.45) is 0. The summed E-state index contributed by atoms with van der Waals surface area (Å²) in [6.45, 7) is 1.62. The fourth-order valence-electron chi connectivity index (χ4n) is 3.26. The fourth-order valence-corrected chi connectivity index (χ4v) is 4.12. The zero-order valence-electron chi connectivity index (χ0n) is 17.1. The van der Waals surface area contributed by atoms with Crippen molar-refractivity contribution in [3.63, 3.8) is 0 Å². The van der Waals surface area contributed by atoms with Crippen molar-refractivity contribution >= 4 is 61.7 Å². The highest BCUT2D eigenvalue weighted by atomic mass is 79.9. The number of carbonyl (C=O) groups is 1. The summed E-state index contributed by atoms with van der Waals surface area (Å²) < 4.78 is 0.793. The number of pyridine rings is 1. The number of carbonyl (C=O) groups excluding carboxylic acids is 1. The van der Waals surface area contributed by atoms with Crippen LogP contribution in [0.2, 0.25) is 10.0 Å². The average molecular weight is 545 g/mol. The Hall–Kier alpha value is -3.13. The molecule has 0 atom stereocenters. The van der Waals surface area contributed by atoms with Gasteiger partial charge in [0, 0.05) is 26.0 Å². The molecule has 0 spiro atoms. The highest BCUT2D eigenvalue weighted by Crippen LogP contribution is 2.32. The number of benzene rings is 3. The molecule has 0 unspecified atom stereocenters. The van der Waals surface area contributed by atoms with Crippen LogP contribution in [-0.2, 0) is 0 Å². The maximum atomic E-state index is 13.1. The molecular weight excluding hydrogens is 529 g/mol. The zero-order chi connectivity index (χ0) is 23.7. The Bertz CT molecular complexity index is 1420. The van der Waals surface area contributed by atoms with E-state index < -0.39 is 5.91 Å². The Morgan fingerprint density at radius 2 is 1.73 bits per heavy atom. The van der Waals surface area contributed by atoms with Crippen LogP contribution in [0.5, 0.6) is 11.5 Å². The molecule has 1 amide bonds. The molecule has 3 aromatic carbocycles. The number of amides is 1. The van der Waals surface area contributed by atoms with E-state index in [0.29, 0.717) is 38.5 Å². The highest BCUT2D eigenvalue weighted by Gasteiger charge is 2.16. The summed E-state index contributed by atoms with van der Waals surface area (Å²) in [5.74, 6) is -0.507. The molecule has 6 nitrogen and oxygen atoms in total. The number of hydrogen-bond acceptors (Lipinski definition) is 5. The number of fused-ring (bicyclic) bond motifs is 1. The number of nitrogens with one attached hydrogen (secondary N) is 1. The molecule has 0 aliphatic carbocycles. The van der Waals surface area contributed by atoms with Crippen LogP contribution in [0.1, 0.15) is 22.8 Å². The van der Waals surface area contributed by atoms with Gasteiger partial charge in [0.2, 0.25) is 0 Å². The number of aromatic nitrogens is 1. The van der Waals surface area contributed by atoms with Crippen LogP contribution < -0.4 is 5.43 Å². The van der Waals surface area contributed by atoms with Crippen LogP contribution in [0.25, 0.3) is 22.2 Å². The Morgan fingerprint density at radius 1 is 1.00 bits per heavy atom. The van der Waals surface area contributed by atoms with Crippen LogP contribution in [0.4, 0.5) is 0 Å². The van der Waals surface area contributed by atoms with Gasteiger partial charge in [-0.3, -0.25) is 4.79 Å². The fraction of sp³-hybridized carbons (Fsp3) is 0.0417. The van der Waals surface area contributed by atoms with Crippen LogP contribution in [-0.4, -0.2) is 26.8 Å². The maximum absolute atomic E-state index is 13.1. The van der Waals surface area contributed by atoms with Crippen molar-refractivity contribution in [1.82, 2.24) is 10.4 Å². The summed E-state index contributed by atoms with van der Waals surface area (Å²) in [7, 11) is 0. The van der Waals surface area contributed by atoms with Crippen molar-refractivity contribution in [3.8, 4) is 22.8 Å². The topological polar surface area (TPSA) is 94.8 Å². The van der Waals surface area contributed by atoms with E-state index in [1.807, 2.05) is 6.07 Å². The smallest absolute Gasteiger partial charge is 0.272 e. The number of halogens is 3. The van der Waals surface area contributed by atoms with E-state index in [1.165, 1.54) is 12.1 Å². The van der Waals surface area contributed by atoms with Crippen molar-refractivity contribution in [2.75, 3.05) is 0 Å². The molecule has 0 aliphatic rings. The molecular formula is C24H16BrCl2N3O3. The van der Waals surface area contributed by atoms with Crippen LogP contribution in [0.3, 0.4) is 0 Å². The lowest BCUT2D eigenvalue weighted by molar-refractivity contribution is 0.0956. The van der Waals surface area contributed by atoms with E-state index in [4.69, 9.17) is 23.2 Å². The number of phenolic OH excluding ortho intramolecular Hbond substituents is 2. The third-order valence-corrected chi connectivity index (χ3v) is 5.92. The van der Waals surface area contributed by atoms with E-state index in [-0.39, 0.29) is 16.5 Å². The van der Waals surface area contributed by atoms with Gasteiger partial charge in [-0.25, -0.2) is 10.4 Å². The van der Waals surface area contributed by atoms with Crippen molar-refractivity contribution in [1.29, 1.82) is 0 Å². The second-order valence-electron chi connectivity index (χ2n) is 7.19. The van der Waals surface area contributed by atoms with Gasteiger partial charge in [0.25, 0.3) is 5.91 Å². The number of phenols is 2. The summed E-state index contributed by atoms with van der Waals surface area (Å²) in [4.78, 5) is 17.8. The molecule has 4 rings (SSSR count). The number of hydrogen-bond donors (Lipinski definition) is 3. The molecule has 33 heavy (non-hydrogen) atoms. The van der Waals surface area contributed by atoms with Crippen molar-refractivity contribution in [2.45, 2.75) is 6.92 Å². The largest absolute Gasteiger partial charge is 0.508 e. The molecule has 1 aromatic heterocycles. The average Bonchev–Trinajstić information content (AvgIpc) is 2.79. The number of rotatable bonds is 4. The molecule has 0 saturated carbocycles. The van der Waals surface area contributed by atoms with Crippen molar-refractivity contribution in [3.05, 3.63) is 86.3 Å². The third-order valence-electron chi connectivity index (χ3n) is 4.92. The Labute approximate surface area is 207 Å². The minimum atomic E-state index is -0.465. The van der Waals surface area contributed by atoms with E-state index in [0.717, 1.165) is 10.0 Å². The first-order valence-corrected chi connectivity index (χ1v) is 11.2. The van der Waals surface area contributed by atoms with Gasteiger partial charge in [-0.2, -0.15) is 5.10 Å². The van der Waals surface area contributed by atoms with Gasteiger partial charge in [0.15, 0.2) is 0 Å². The van der Waals surface area contributed by atoms with Gasteiger partial charge < -0.3 is 10.2 Å². The first-order chi connectivity index (χ1) is 15.7. The van der Waals surface area contributed by atoms with Crippen LogP contribution in [0, 0.1) is 0 Å². The molecule has 1 heterocycles. The molecule has 166 valence electrons. The highest BCUT2D eigenvalue weighted by molar-refractivity contribution is 9.10. The molecule has 0 saturated heterocycles. The molecule has 4 aromatic rings. The molecule has 0 fully saturated rings. The van der Waals surface area contributed by atoms with E-state index in [2.05, 4.69) is 31.4 Å². The van der Waals surface area contributed by atoms with E-state index in [9.17, 15) is 15.0 Å². The first-order valence-electron chi connectivity index (χ1n) is 9.65. The van der Waals surface area contributed by atoms with Gasteiger partial charge >= 0.3 is 0 Å². The molecule has 0 aliphatic heterocycles. The lowest BCUT2D eigenvalue weighted by Gasteiger charge is -2.11. The quantitative estimate of drug-likeness (QED) is 0.201. The number of nitrogens with zero attached hydrogens (tertiary/aromatic N) is 2. The molecule has 3 N–H and O–H groups in total. The normalized spacial score (nSPS) is 11.6. The maximum Gasteiger partial charge on any atom is 0.272 e. The standard InChI is InChI=1S/C24H16BrCl2N3O3/c1-12(17-9-15(26)10-20(27)23(17)32)29-30-24(33)19-11-22(13-2-5-16(31)6-3-13)28-21-7-4-14(25)8-18(19)21/h2-11,31-32H,1H3,(H,30,33)/b29-12-. The number of aromatic hydroxyl groups is 2. The minimum absolute atomic E-state index is 0.0851. The molecule has 0 radical (unpaired) electrons. The molecule has 0 bridgehead atoms. The van der Waals surface area contributed by atoms with Gasteiger partial charge in [-0.15, -0.1) is 0 Å². The third kappa shape index (κ3) is 4.95. The Morgan fingerprint density at radius 3 is 2.45 bits per heavy atom. The lowest BCUT2D eigenvalue weighted by atomic mass is 10.0. The summed E-state index contributed by atoms with van der Waals surface area (Å²) in [5.41, 5.74) is 5.44. The predicted molar refractivity (Wildman–Crippen MR) is 134 cm³/mol. The first kappa shape index (κ1) is 23.0. The van der Waals surface area contributed by atoms with E-state index in [1.54, 1.807) is 49.4 Å². The summed E-state index contributed by atoms with van der Waals surface area (Å²) in [5, 5.41) is 25.0. The second kappa shape index (κ2) is 9.39. The zero-order valence-corrected chi connectivity index (χ0v) is 20.2. The second-order valence-corrected chi connectivity index (χ2v) is 8.94. The SMILES string of the molecule is C/C(=N/NC(=O)c1cc(-c2ccc(O)cc2)nc2ccc(Br)cc12)c1cc(Cl)cc(Cl)c1O. The van der Waals surface area contributed by atoms with Gasteiger partial charge in [0.05, 0.1) is 27.5 Å². The number of hydrazone groups is 1. The van der Waals surface area contributed by atoms with E-state index >= 15 is 0 Å². The molecule has 9 heteroatoms. The van der Waals surface area contributed by atoms with Crippen LogP contribution >= 0.6 is 39.1 Å². The Balaban J connectivity index is 1.75. The Kier molecular flexibility index (Phi) is 6.56. The summed E-state index contributed by atoms with van der Waals surface area (Å²) >= 11 is 15.4. The minimum Gasteiger partial charge on any atom is -0.508 e. The van der Waals surface area contributed by atoms with Crippen LogP contribution in [0.15, 0.2) is 70.2 Å². The van der Waals surface area contributed by atoms with Gasteiger partial charge in [0.1, 0.15) is 11.5 Å². The summed E-state index contributed by atoms with van der Waals surface area (Å²) in [6, 6.07) is 16.6. The monoisotopic (exact) mass is 543 g/mol.